The van der Waals surface area contributed by atoms with Crippen molar-refractivity contribution in [1.29, 1.82) is 5.26 Å². The Hall–Kier alpha value is -3.66. The molecule has 0 radical (unpaired) electrons. The highest BCUT2D eigenvalue weighted by atomic mass is 35.5. The van der Waals surface area contributed by atoms with Gasteiger partial charge in [0.05, 0.1) is 0 Å². The van der Waals surface area contributed by atoms with E-state index in [-0.39, 0.29) is 18.8 Å². The Labute approximate surface area is 246 Å². The molecule has 0 bridgehead atoms. The summed E-state index contributed by atoms with van der Waals surface area (Å²) in [5.41, 5.74) is 2.56. The minimum absolute atomic E-state index is 0.119. The molecule has 39 heavy (non-hydrogen) atoms. The molecule has 4 aromatic carbocycles. The van der Waals surface area contributed by atoms with Crippen LogP contribution in [-0.2, 0) is 18.0 Å². The minimum Gasteiger partial charge on any atom is -0.489 e. The number of anilines is 1. The summed E-state index contributed by atoms with van der Waals surface area (Å²) in [6.07, 6.45) is 1.44. The normalized spacial score (nSPS) is 11.0. The van der Waals surface area contributed by atoms with Gasteiger partial charge in [0.2, 0.25) is 0 Å². The second-order valence-electron chi connectivity index (χ2n) is 8.27. The number of nitrogens with one attached hydrogen (secondary N) is 1. The standard InChI is InChI=1S/C30H20Cl4N2O3/c31-23-4-1-19(2-5-23)17-39-29-12-7-24(32)14-21(29)13-22(16-35)30(37)36-26-8-10-27(11-9-26)38-18-20-3-6-25(33)15-28(20)34/h1-15H,17-18H2,(H,36,37)/b22-13+. The van der Waals surface area contributed by atoms with Gasteiger partial charge in [0.1, 0.15) is 36.4 Å². The number of hydrogen-bond donors (Lipinski definition) is 1. The van der Waals surface area contributed by atoms with Crippen LogP contribution in [0.4, 0.5) is 5.69 Å². The lowest BCUT2D eigenvalue weighted by Crippen LogP contribution is -2.13. The number of carbonyl (C=O) groups excluding carboxylic acids is 1. The van der Waals surface area contributed by atoms with Gasteiger partial charge >= 0.3 is 0 Å². The lowest BCUT2D eigenvalue weighted by atomic mass is 10.1. The van der Waals surface area contributed by atoms with Crippen molar-refractivity contribution in [3.63, 3.8) is 0 Å². The molecule has 9 heteroatoms. The van der Waals surface area contributed by atoms with Crippen molar-refractivity contribution in [2.45, 2.75) is 13.2 Å². The zero-order valence-corrected chi connectivity index (χ0v) is 23.3. The number of nitriles is 1. The van der Waals surface area contributed by atoms with E-state index in [1.807, 2.05) is 18.2 Å². The summed E-state index contributed by atoms with van der Waals surface area (Å²) in [5, 5.41) is 14.5. The molecule has 0 unspecified atom stereocenters. The van der Waals surface area contributed by atoms with Gasteiger partial charge in [-0.05, 0) is 78.4 Å². The molecule has 0 saturated heterocycles. The molecule has 0 spiro atoms. The number of nitrogens with zero attached hydrogens (tertiary/aromatic N) is 1. The number of benzene rings is 4. The molecule has 1 amide bonds. The molecule has 0 saturated carbocycles. The number of carbonyl (C=O) groups is 1. The van der Waals surface area contributed by atoms with E-state index < -0.39 is 5.91 Å². The van der Waals surface area contributed by atoms with Gasteiger partial charge in [-0.25, -0.2) is 0 Å². The fourth-order valence-electron chi connectivity index (χ4n) is 3.44. The molecule has 0 aliphatic rings. The predicted molar refractivity (Wildman–Crippen MR) is 157 cm³/mol. The highest BCUT2D eigenvalue weighted by molar-refractivity contribution is 6.35. The lowest BCUT2D eigenvalue weighted by Gasteiger charge is -2.11. The maximum absolute atomic E-state index is 12.9. The second-order valence-corrected chi connectivity index (χ2v) is 9.99. The molecule has 0 atom stereocenters. The molecule has 5 nitrogen and oxygen atoms in total. The molecule has 1 N–H and O–H groups in total. The van der Waals surface area contributed by atoms with E-state index in [1.165, 1.54) is 6.08 Å². The SMILES string of the molecule is N#C/C(=C\c1cc(Cl)ccc1OCc1ccc(Cl)cc1)C(=O)Nc1ccc(OCc2ccc(Cl)cc2Cl)cc1. The van der Waals surface area contributed by atoms with Gasteiger partial charge in [-0.2, -0.15) is 5.26 Å². The zero-order chi connectivity index (χ0) is 27.8. The van der Waals surface area contributed by atoms with Gasteiger partial charge in [0.25, 0.3) is 5.91 Å². The van der Waals surface area contributed by atoms with Crippen LogP contribution in [0.5, 0.6) is 11.5 Å². The van der Waals surface area contributed by atoms with Crippen molar-refractivity contribution < 1.29 is 14.3 Å². The summed E-state index contributed by atoms with van der Waals surface area (Å²) in [5.74, 6) is 0.469. The fraction of sp³-hybridized carbons (Fsp3) is 0.0667. The zero-order valence-electron chi connectivity index (χ0n) is 20.3. The quantitative estimate of drug-likeness (QED) is 0.154. The van der Waals surface area contributed by atoms with Gasteiger partial charge < -0.3 is 14.8 Å². The van der Waals surface area contributed by atoms with Gasteiger partial charge in [-0.1, -0.05) is 64.6 Å². The van der Waals surface area contributed by atoms with Gasteiger partial charge in [0.15, 0.2) is 0 Å². The van der Waals surface area contributed by atoms with Crippen molar-refractivity contribution in [2.75, 3.05) is 5.32 Å². The van der Waals surface area contributed by atoms with E-state index in [0.29, 0.717) is 42.8 Å². The first kappa shape index (κ1) is 28.4. The first-order valence-electron chi connectivity index (χ1n) is 11.6. The summed E-state index contributed by atoms with van der Waals surface area (Å²) < 4.78 is 11.7. The summed E-state index contributed by atoms with van der Waals surface area (Å²) in [6, 6.07) is 26.1. The highest BCUT2D eigenvalue weighted by Crippen LogP contribution is 2.27. The van der Waals surface area contributed by atoms with Crippen LogP contribution in [0.2, 0.25) is 20.1 Å². The molecule has 0 heterocycles. The summed E-state index contributed by atoms with van der Waals surface area (Å²) >= 11 is 24.2. The molecule has 4 aromatic rings. The van der Waals surface area contributed by atoms with Crippen molar-refractivity contribution in [2.24, 2.45) is 0 Å². The minimum atomic E-state index is -0.581. The van der Waals surface area contributed by atoms with Crippen molar-refractivity contribution >= 4 is 64.1 Å². The number of halogens is 4. The van der Waals surface area contributed by atoms with Crippen LogP contribution < -0.4 is 14.8 Å². The van der Waals surface area contributed by atoms with Crippen LogP contribution in [0.1, 0.15) is 16.7 Å². The molecule has 196 valence electrons. The number of rotatable bonds is 9. The van der Waals surface area contributed by atoms with Gasteiger partial charge in [0, 0.05) is 36.9 Å². The summed E-state index contributed by atoms with van der Waals surface area (Å²) in [4.78, 5) is 12.9. The molecular formula is C30H20Cl4N2O3. The molecule has 0 aliphatic carbocycles. The maximum Gasteiger partial charge on any atom is 0.266 e. The topological polar surface area (TPSA) is 71.3 Å². The third-order valence-corrected chi connectivity index (χ3v) is 6.54. The van der Waals surface area contributed by atoms with Gasteiger partial charge in [-0.3, -0.25) is 4.79 Å². The van der Waals surface area contributed by atoms with Crippen LogP contribution in [0, 0.1) is 11.3 Å². The Morgan fingerprint density at radius 2 is 1.46 bits per heavy atom. The molecule has 4 rings (SSSR count). The smallest absolute Gasteiger partial charge is 0.266 e. The Balaban J connectivity index is 1.42. The van der Waals surface area contributed by atoms with Crippen LogP contribution in [0.25, 0.3) is 6.08 Å². The average Bonchev–Trinajstić information content (AvgIpc) is 2.92. The average molecular weight is 598 g/mol. The maximum atomic E-state index is 12.9. The van der Waals surface area contributed by atoms with E-state index in [4.69, 9.17) is 55.9 Å². The first-order chi connectivity index (χ1) is 18.8. The van der Waals surface area contributed by atoms with Crippen LogP contribution in [0.15, 0.2) is 90.5 Å². The Kier molecular flexibility index (Phi) is 9.75. The monoisotopic (exact) mass is 596 g/mol. The Morgan fingerprint density at radius 1 is 0.795 bits per heavy atom. The fourth-order valence-corrected chi connectivity index (χ4v) is 4.21. The van der Waals surface area contributed by atoms with Gasteiger partial charge in [-0.15, -0.1) is 0 Å². The van der Waals surface area contributed by atoms with Crippen LogP contribution in [-0.4, -0.2) is 5.91 Å². The third-order valence-electron chi connectivity index (χ3n) is 5.47. The molecule has 0 aliphatic heterocycles. The predicted octanol–water partition coefficient (Wildman–Crippen LogP) is 9.00. The highest BCUT2D eigenvalue weighted by Gasteiger charge is 2.13. The number of amides is 1. The lowest BCUT2D eigenvalue weighted by molar-refractivity contribution is -0.112. The summed E-state index contributed by atoms with van der Waals surface area (Å²) in [6.45, 7) is 0.525. The first-order valence-corrected chi connectivity index (χ1v) is 13.1. The van der Waals surface area contributed by atoms with E-state index >= 15 is 0 Å². The second kappa shape index (κ2) is 13.4. The molecule has 0 fully saturated rings. The number of ether oxygens (including phenoxy) is 2. The van der Waals surface area contributed by atoms with E-state index in [1.54, 1.807) is 72.8 Å². The van der Waals surface area contributed by atoms with E-state index in [9.17, 15) is 10.1 Å². The Morgan fingerprint density at radius 3 is 2.15 bits per heavy atom. The van der Waals surface area contributed by atoms with Crippen molar-refractivity contribution in [3.05, 3.63) is 127 Å². The van der Waals surface area contributed by atoms with E-state index in [2.05, 4.69) is 5.32 Å². The molecule has 0 aromatic heterocycles. The largest absolute Gasteiger partial charge is 0.489 e. The third kappa shape index (κ3) is 8.16. The van der Waals surface area contributed by atoms with Crippen LogP contribution >= 0.6 is 46.4 Å². The van der Waals surface area contributed by atoms with Crippen molar-refractivity contribution in [1.82, 2.24) is 0 Å². The summed E-state index contributed by atoms with van der Waals surface area (Å²) in [7, 11) is 0. The number of hydrogen-bond acceptors (Lipinski definition) is 4. The molecular weight excluding hydrogens is 578 g/mol. The van der Waals surface area contributed by atoms with E-state index in [0.717, 1.165) is 11.1 Å². The van der Waals surface area contributed by atoms with Crippen LogP contribution in [0.3, 0.4) is 0 Å². The van der Waals surface area contributed by atoms with Crippen molar-refractivity contribution in [3.8, 4) is 17.6 Å². The Bertz CT molecular complexity index is 1550.